The van der Waals surface area contributed by atoms with Crippen molar-refractivity contribution < 1.29 is 17.8 Å². The van der Waals surface area contributed by atoms with Crippen molar-refractivity contribution >= 4 is 21.6 Å². The van der Waals surface area contributed by atoms with Crippen LogP contribution in [0.5, 0.6) is 0 Å². The number of nitrogens with one attached hydrogen (secondary N) is 1. The third-order valence-electron chi connectivity index (χ3n) is 4.57. The first-order valence-corrected chi connectivity index (χ1v) is 10.3. The number of aryl methyl sites for hydroxylation is 1. The predicted molar refractivity (Wildman–Crippen MR) is 99.1 cm³/mol. The number of pyridine rings is 1. The highest BCUT2D eigenvalue weighted by Crippen LogP contribution is 2.21. The third-order valence-corrected chi connectivity index (χ3v) is 6.49. The van der Waals surface area contributed by atoms with Gasteiger partial charge in [0.05, 0.1) is 4.90 Å². The molecule has 0 unspecified atom stereocenters. The van der Waals surface area contributed by atoms with E-state index in [0.29, 0.717) is 18.8 Å². The molecule has 0 bridgehead atoms. The minimum Gasteiger partial charge on any atom is -0.321 e. The number of anilines is 1. The van der Waals surface area contributed by atoms with E-state index in [4.69, 9.17) is 0 Å². The molecule has 0 radical (unpaired) electrons. The first kappa shape index (κ1) is 18.5. The van der Waals surface area contributed by atoms with E-state index in [0.717, 1.165) is 25.0 Å². The van der Waals surface area contributed by atoms with Crippen molar-refractivity contribution in [3.63, 3.8) is 0 Å². The fourth-order valence-electron chi connectivity index (χ4n) is 3.06. The highest BCUT2D eigenvalue weighted by molar-refractivity contribution is 7.89. The Bertz CT molecular complexity index is 873. The Morgan fingerprint density at radius 1 is 1.08 bits per heavy atom. The zero-order valence-corrected chi connectivity index (χ0v) is 15.7. The second-order valence-corrected chi connectivity index (χ2v) is 8.45. The molecule has 0 saturated carbocycles. The van der Waals surface area contributed by atoms with Gasteiger partial charge in [0.25, 0.3) is 5.91 Å². The van der Waals surface area contributed by atoms with Gasteiger partial charge in [-0.25, -0.2) is 8.42 Å². The molecule has 1 saturated heterocycles. The van der Waals surface area contributed by atoms with E-state index >= 15 is 0 Å². The monoisotopic (exact) mass is 374 g/mol. The average Bonchev–Trinajstić information content (AvgIpc) is 2.65. The van der Waals surface area contributed by atoms with E-state index in [1.54, 1.807) is 28.6 Å². The van der Waals surface area contributed by atoms with Crippen LogP contribution in [-0.2, 0) is 21.4 Å². The van der Waals surface area contributed by atoms with Crippen molar-refractivity contribution in [1.29, 1.82) is 0 Å². The Hall–Kier alpha value is -2.25. The Labute approximate surface area is 154 Å². The molecule has 1 N–H and O–H groups in total. The zero-order chi connectivity index (χ0) is 18.6. The number of carbonyl (C=O) groups excluding carboxylic acids is 1. The zero-order valence-electron chi connectivity index (χ0n) is 14.9. The fourth-order valence-corrected chi connectivity index (χ4v) is 4.58. The van der Waals surface area contributed by atoms with Gasteiger partial charge in [0, 0.05) is 37.8 Å². The summed E-state index contributed by atoms with van der Waals surface area (Å²) in [5.74, 6) is -0.157. The average molecular weight is 374 g/mol. The number of benzene rings is 1. The number of carbonyl (C=O) groups is 1. The molecule has 7 heteroatoms. The summed E-state index contributed by atoms with van der Waals surface area (Å²) in [5, 5.41) is 2.81. The van der Waals surface area contributed by atoms with Gasteiger partial charge < -0.3 is 5.32 Å². The second kappa shape index (κ2) is 7.97. The van der Waals surface area contributed by atoms with Gasteiger partial charge >= 0.3 is 0 Å². The molecule has 0 aliphatic carbocycles. The number of hydrogen-bond donors (Lipinski definition) is 1. The van der Waals surface area contributed by atoms with Crippen LogP contribution in [0.4, 0.5) is 5.69 Å². The number of amides is 1. The molecule has 3 rings (SSSR count). The van der Waals surface area contributed by atoms with Gasteiger partial charge in [0.15, 0.2) is 11.9 Å². The van der Waals surface area contributed by atoms with Gasteiger partial charge in [-0.3, -0.25) is 4.79 Å². The van der Waals surface area contributed by atoms with Crippen molar-refractivity contribution in [3.8, 4) is 0 Å². The van der Waals surface area contributed by atoms with E-state index < -0.39 is 10.0 Å². The third kappa shape index (κ3) is 4.28. The molecule has 6 nitrogen and oxygen atoms in total. The number of piperidine rings is 1. The Balaban J connectivity index is 1.66. The molecule has 1 aliphatic heterocycles. The van der Waals surface area contributed by atoms with Gasteiger partial charge in [-0.15, -0.1) is 0 Å². The summed E-state index contributed by atoms with van der Waals surface area (Å²) < 4.78 is 28.7. The lowest BCUT2D eigenvalue weighted by atomic mass is 10.2. The highest BCUT2D eigenvalue weighted by atomic mass is 32.2. The molecule has 0 atom stereocenters. The maximum atomic E-state index is 12.6. The number of rotatable bonds is 5. The van der Waals surface area contributed by atoms with E-state index in [1.807, 2.05) is 35.9 Å². The SMILES string of the molecule is Cc1cccc[n+]1CC(=O)Nc1ccc(S(=O)(=O)N2CCCCC2)cc1. The molecule has 0 spiro atoms. The second-order valence-electron chi connectivity index (χ2n) is 6.51. The highest BCUT2D eigenvalue weighted by Gasteiger charge is 2.25. The predicted octanol–water partition coefficient (Wildman–Crippen LogP) is 2.10. The van der Waals surface area contributed by atoms with E-state index in [1.165, 1.54) is 0 Å². The summed E-state index contributed by atoms with van der Waals surface area (Å²) in [5.41, 5.74) is 1.58. The summed E-state index contributed by atoms with van der Waals surface area (Å²) in [7, 11) is -3.44. The molecular formula is C19H24N3O3S+. The van der Waals surface area contributed by atoms with Gasteiger partial charge in [0.2, 0.25) is 16.6 Å². The van der Waals surface area contributed by atoms with Gasteiger partial charge in [-0.1, -0.05) is 12.5 Å². The van der Waals surface area contributed by atoms with Crippen LogP contribution < -0.4 is 9.88 Å². The number of nitrogens with zero attached hydrogens (tertiary/aromatic N) is 2. The van der Waals surface area contributed by atoms with Crippen LogP contribution in [0.15, 0.2) is 53.6 Å². The minimum atomic E-state index is -3.44. The van der Waals surface area contributed by atoms with Crippen molar-refractivity contribution in [2.45, 2.75) is 37.6 Å². The van der Waals surface area contributed by atoms with Crippen LogP contribution in [0.3, 0.4) is 0 Å². The summed E-state index contributed by atoms with van der Waals surface area (Å²) in [6, 6.07) is 12.1. The van der Waals surface area contributed by atoms with Gasteiger partial charge in [-0.2, -0.15) is 8.87 Å². The molecule has 1 amide bonds. The molecule has 1 aliphatic rings. The first-order valence-electron chi connectivity index (χ1n) is 8.82. The van der Waals surface area contributed by atoms with Crippen molar-refractivity contribution in [2.75, 3.05) is 18.4 Å². The standard InChI is InChI=1S/C19H23N3O3S/c1-16-7-3-6-12-21(16)15-19(23)20-17-8-10-18(11-9-17)26(24,25)22-13-4-2-5-14-22/h3,6-12H,2,4-5,13-15H2,1H3/p+1. The molecule has 1 fully saturated rings. The van der Waals surface area contributed by atoms with Crippen molar-refractivity contribution in [3.05, 3.63) is 54.4 Å². The number of sulfonamides is 1. The van der Waals surface area contributed by atoms with Crippen molar-refractivity contribution in [1.82, 2.24) is 4.31 Å². The summed E-state index contributed by atoms with van der Waals surface area (Å²) in [6.45, 7) is 3.30. The van der Waals surface area contributed by atoms with E-state index in [9.17, 15) is 13.2 Å². The van der Waals surface area contributed by atoms with Crippen LogP contribution in [0.2, 0.25) is 0 Å². The van der Waals surface area contributed by atoms with Crippen molar-refractivity contribution in [2.24, 2.45) is 0 Å². The smallest absolute Gasteiger partial charge is 0.290 e. The molecule has 2 aromatic rings. The fraction of sp³-hybridized carbons (Fsp3) is 0.368. The van der Waals surface area contributed by atoms with Gasteiger partial charge in [-0.05, 0) is 37.1 Å². The normalized spacial score (nSPS) is 15.6. The van der Waals surface area contributed by atoms with E-state index in [-0.39, 0.29) is 17.3 Å². The van der Waals surface area contributed by atoms with Crippen LogP contribution in [0.1, 0.15) is 25.0 Å². The minimum absolute atomic E-state index is 0.157. The Kier molecular flexibility index (Phi) is 5.68. The summed E-state index contributed by atoms with van der Waals surface area (Å²) >= 11 is 0. The molecule has 2 heterocycles. The first-order chi connectivity index (χ1) is 12.5. The lowest BCUT2D eigenvalue weighted by molar-refractivity contribution is -0.690. The molecule has 1 aromatic heterocycles. The topological polar surface area (TPSA) is 70.4 Å². The molecular weight excluding hydrogens is 350 g/mol. The van der Waals surface area contributed by atoms with Crippen LogP contribution in [-0.4, -0.2) is 31.7 Å². The number of hydrogen-bond acceptors (Lipinski definition) is 3. The lowest BCUT2D eigenvalue weighted by Crippen LogP contribution is -2.42. The summed E-state index contributed by atoms with van der Waals surface area (Å²) in [4.78, 5) is 12.5. The van der Waals surface area contributed by atoms with E-state index in [2.05, 4.69) is 5.32 Å². The quantitative estimate of drug-likeness (QED) is 0.815. The maximum Gasteiger partial charge on any atom is 0.290 e. The molecule has 1 aromatic carbocycles. The van der Waals surface area contributed by atoms with Gasteiger partial charge in [0.1, 0.15) is 0 Å². The van der Waals surface area contributed by atoms with Crippen LogP contribution in [0.25, 0.3) is 0 Å². The molecule has 26 heavy (non-hydrogen) atoms. The lowest BCUT2D eigenvalue weighted by Gasteiger charge is -2.25. The maximum absolute atomic E-state index is 12.6. The Morgan fingerprint density at radius 2 is 1.77 bits per heavy atom. The number of aromatic nitrogens is 1. The Morgan fingerprint density at radius 3 is 2.42 bits per heavy atom. The van der Waals surface area contributed by atoms with Crippen LogP contribution >= 0.6 is 0 Å². The summed E-state index contributed by atoms with van der Waals surface area (Å²) in [6.07, 6.45) is 4.74. The molecule has 138 valence electrons. The van der Waals surface area contributed by atoms with Crippen LogP contribution in [0, 0.1) is 6.92 Å². The largest absolute Gasteiger partial charge is 0.321 e.